The molecule has 0 aromatic carbocycles. The molecule has 0 heterocycles. The lowest BCUT2D eigenvalue weighted by Gasteiger charge is -2.18. The van der Waals surface area contributed by atoms with Gasteiger partial charge >= 0.3 is 11.9 Å². The Balaban J connectivity index is 4.16. The molecule has 0 bridgehead atoms. The largest absolute Gasteiger partial charge is 0.480 e. The predicted molar refractivity (Wildman–Crippen MR) is 184 cm³/mol. The summed E-state index contributed by atoms with van der Waals surface area (Å²) in [5.41, 5.74) is 5.46. The molecule has 7 nitrogen and oxygen atoms in total. The van der Waals surface area contributed by atoms with E-state index in [1.165, 1.54) is 103 Å². The number of nitrogens with one attached hydrogen (secondary N) is 1. The lowest BCUT2D eigenvalue weighted by Crippen LogP contribution is -2.40. The Hall–Kier alpha value is -1.63. The molecule has 260 valence electrons. The first kappa shape index (κ1) is 42.4. The van der Waals surface area contributed by atoms with Gasteiger partial charge in [-0.2, -0.15) is 0 Å². The number of amides is 1. The smallest absolute Gasteiger partial charge is 0.326 e. The summed E-state index contributed by atoms with van der Waals surface area (Å²) in [5, 5.41) is 11.9. The minimum absolute atomic E-state index is 0.00202. The van der Waals surface area contributed by atoms with Crippen molar-refractivity contribution in [3.8, 4) is 0 Å². The van der Waals surface area contributed by atoms with Crippen LogP contribution < -0.4 is 11.1 Å². The number of rotatable bonds is 34. The van der Waals surface area contributed by atoms with Crippen LogP contribution >= 0.6 is 0 Å². The zero-order chi connectivity index (χ0) is 32.5. The maximum atomic E-state index is 12.6. The summed E-state index contributed by atoms with van der Waals surface area (Å²) in [7, 11) is 0. The molecule has 0 rings (SSSR count). The Morgan fingerprint density at radius 3 is 1.41 bits per heavy atom. The van der Waals surface area contributed by atoms with Gasteiger partial charge in [-0.15, -0.1) is 0 Å². The molecule has 0 aromatic heterocycles. The van der Waals surface area contributed by atoms with Crippen molar-refractivity contribution in [3.63, 3.8) is 0 Å². The Morgan fingerprint density at radius 1 is 0.568 bits per heavy atom. The number of unbranched alkanes of at least 4 members (excludes halogenated alkanes) is 20. The number of esters is 1. The van der Waals surface area contributed by atoms with E-state index in [1.54, 1.807) is 0 Å². The first-order chi connectivity index (χ1) is 21.4. The van der Waals surface area contributed by atoms with Crippen LogP contribution in [0.3, 0.4) is 0 Å². The van der Waals surface area contributed by atoms with Crippen LogP contribution in [-0.4, -0.2) is 41.6 Å². The zero-order valence-corrected chi connectivity index (χ0v) is 29.0. The SMILES string of the molecule is CCCCCCCCCCCCCCCC(=O)OC(CCCCCCCC)CCCCCCC(=O)NC(CCCN)C(=O)O. The minimum Gasteiger partial charge on any atom is -0.480 e. The van der Waals surface area contributed by atoms with Gasteiger partial charge in [0.05, 0.1) is 0 Å². The van der Waals surface area contributed by atoms with E-state index >= 15 is 0 Å². The van der Waals surface area contributed by atoms with Gasteiger partial charge in [-0.05, 0) is 57.9 Å². The quantitative estimate of drug-likeness (QED) is 0.0484. The number of ether oxygens (including phenoxy) is 1. The normalized spacial score (nSPS) is 12.6. The highest BCUT2D eigenvalue weighted by Crippen LogP contribution is 2.18. The van der Waals surface area contributed by atoms with Crippen LogP contribution in [0.2, 0.25) is 0 Å². The van der Waals surface area contributed by atoms with Crippen molar-refractivity contribution >= 4 is 17.8 Å². The molecule has 1 amide bonds. The highest BCUT2D eigenvalue weighted by Gasteiger charge is 2.19. The van der Waals surface area contributed by atoms with Crippen molar-refractivity contribution < 1.29 is 24.2 Å². The van der Waals surface area contributed by atoms with Crippen LogP contribution in [0, 0.1) is 0 Å². The molecule has 0 saturated heterocycles. The Bertz CT molecular complexity index is 672. The van der Waals surface area contributed by atoms with Gasteiger partial charge in [0.25, 0.3) is 0 Å². The maximum absolute atomic E-state index is 12.6. The highest BCUT2D eigenvalue weighted by molar-refractivity contribution is 5.83. The number of nitrogens with two attached hydrogens (primary N) is 1. The average Bonchev–Trinajstić information content (AvgIpc) is 3.00. The van der Waals surface area contributed by atoms with Crippen molar-refractivity contribution in [1.29, 1.82) is 0 Å². The van der Waals surface area contributed by atoms with Crippen molar-refractivity contribution in [2.75, 3.05) is 6.54 Å². The Morgan fingerprint density at radius 2 is 0.977 bits per heavy atom. The summed E-state index contributed by atoms with van der Waals surface area (Å²) in [6, 6.07) is -0.858. The number of carbonyl (C=O) groups excluding carboxylic acids is 2. The molecular formula is C37H72N2O5. The molecule has 44 heavy (non-hydrogen) atoms. The van der Waals surface area contributed by atoms with E-state index in [-0.39, 0.29) is 18.0 Å². The number of carboxylic acid groups (broad SMARTS) is 1. The van der Waals surface area contributed by atoms with E-state index < -0.39 is 12.0 Å². The Labute approximate surface area is 271 Å². The summed E-state index contributed by atoms with van der Waals surface area (Å²) < 4.78 is 5.96. The molecule has 0 spiro atoms. The van der Waals surface area contributed by atoms with Crippen LogP contribution in [0.4, 0.5) is 0 Å². The molecule has 0 aliphatic heterocycles. The van der Waals surface area contributed by atoms with Crippen molar-refractivity contribution in [1.82, 2.24) is 5.32 Å². The van der Waals surface area contributed by atoms with Gasteiger partial charge in [-0.3, -0.25) is 9.59 Å². The van der Waals surface area contributed by atoms with Gasteiger partial charge in [-0.1, -0.05) is 136 Å². The molecule has 7 heteroatoms. The second kappa shape index (κ2) is 32.8. The molecule has 0 radical (unpaired) electrons. The topological polar surface area (TPSA) is 119 Å². The van der Waals surface area contributed by atoms with Gasteiger partial charge < -0.3 is 20.9 Å². The van der Waals surface area contributed by atoms with E-state index in [4.69, 9.17) is 10.5 Å². The fourth-order valence-corrected chi connectivity index (χ4v) is 5.80. The summed E-state index contributed by atoms with van der Waals surface area (Å²) in [6.45, 7) is 4.91. The lowest BCUT2D eigenvalue weighted by atomic mass is 10.0. The molecule has 0 aromatic rings. The molecular weight excluding hydrogens is 552 g/mol. The van der Waals surface area contributed by atoms with E-state index in [0.717, 1.165) is 57.8 Å². The summed E-state index contributed by atoms with van der Waals surface area (Å²) >= 11 is 0. The molecule has 2 unspecified atom stereocenters. The van der Waals surface area contributed by atoms with E-state index in [9.17, 15) is 19.5 Å². The summed E-state index contributed by atoms with van der Waals surface area (Å²) in [6.07, 6.45) is 31.5. The molecule has 0 fully saturated rings. The van der Waals surface area contributed by atoms with Gasteiger partial charge in [0, 0.05) is 12.8 Å². The molecule has 2 atom stereocenters. The lowest BCUT2D eigenvalue weighted by molar-refractivity contribution is -0.150. The zero-order valence-electron chi connectivity index (χ0n) is 29.0. The highest BCUT2D eigenvalue weighted by atomic mass is 16.5. The van der Waals surface area contributed by atoms with Crippen LogP contribution in [0.25, 0.3) is 0 Å². The maximum Gasteiger partial charge on any atom is 0.326 e. The van der Waals surface area contributed by atoms with Crippen LogP contribution in [0.5, 0.6) is 0 Å². The predicted octanol–water partition coefficient (Wildman–Crippen LogP) is 9.78. The molecule has 0 aliphatic carbocycles. The van der Waals surface area contributed by atoms with Crippen molar-refractivity contribution in [2.45, 2.75) is 212 Å². The second-order valence-electron chi connectivity index (χ2n) is 13.0. The van der Waals surface area contributed by atoms with Crippen LogP contribution in [0.1, 0.15) is 200 Å². The minimum atomic E-state index is -1.01. The molecule has 4 N–H and O–H groups in total. The standard InChI is InChI=1S/C37H72N2O5/c1-3-5-7-9-11-12-13-14-15-16-17-19-25-31-36(41)44-33(27-22-18-10-8-6-4-2)28-23-20-21-24-30-35(40)39-34(37(42)43)29-26-32-38/h33-34H,3-32,38H2,1-2H3,(H,39,40)(H,42,43). The van der Waals surface area contributed by atoms with E-state index in [2.05, 4.69) is 19.2 Å². The number of hydrogen-bond acceptors (Lipinski definition) is 5. The van der Waals surface area contributed by atoms with E-state index in [1.807, 2.05) is 0 Å². The Kier molecular flexibility index (Phi) is 31.5. The van der Waals surface area contributed by atoms with Gasteiger partial charge in [0.15, 0.2) is 0 Å². The number of hydrogen-bond donors (Lipinski definition) is 3. The first-order valence-electron chi connectivity index (χ1n) is 18.9. The third-order valence-corrected chi connectivity index (χ3v) is 8.67. The van der Waals surface area contributed by atoms with Crippen LogP contribution in [-0.2, 0) is 19.1 Å². The summed E-state index contributed by atoms with van der Waals surface area (Å²) in [4.78, 5) is 36.1. The number of carboxylic acids is 1. The number of aliphatic carboxylic acids is 1. The number of carbonyl (C=O) groups is 3. The molecule has 0 saturated carbocycles. The van der Waals surface area contributed by atoms with Gasteiger partial charge in [-0.25, -0.2) is 4.79 Å². The third kappa shape index (κ3) is 29.1. The van der Waals surface area contributed by atoms with Gasteiger partial charge in [0.1, 0.15) is 12.1 Å². The second-order valence-corrected chi connectivity index (χ2v) is 13.0. The molecule has 0 aliphatic rings. The van der Waals surface area contributed by atoms with E-state index in [0.29, 0.717) is 32.2 Å². The fourth-order valence-electron chi connectivity index (χ4n) is 5.80. The third-order valence-electron chi connectivity index (χ3n) is 8.67. The monoisotopic (exact) mass is 625 g/mol. The summed E-state index contributed by atoms with van der Waals surface area (Å²) in [5.74, 6) is -1.26. The first-order valence-corrected chi connectivity index (χ1v) is 18.9. The van der Waals surface area contributed by atoms with Gasteiger partial charge in [0.2, 0.25) is 5.91 Å². The van der Waals surface area contributed by atoms with Crippen molar-refractivity contribution in [3.05, 3.63) is 0 Å². The fraction of sp³-hybridized carbons (Fsp3) is 0.919. The van der Waals surface area contributed by atoms with Crippen LogP contribution in [0.15, 0.2) is 0 Å². The average molecular weight is 625 g/mol. The van der Waals surface area contributed by atoms with Crippen molar-refractivity contribution in [2.24, 2.45) is 5.73 Å².